The van der Waals surface area contributed by atoms with E-state index in [0.29, 0.717) is 18.8 Å². The smallest absolute Gasteiger partial charge is 0.307 e. The Morgan fingerprint density at radius 1 is 1.24 bits per heavy atom. The highest BCUT2D eigenvalue weighted by Gasteiger charge is 2.38. The van der Waals surface area contributed by atoms with Crippen LogP contribution >= 0.6 is 0 Å². The summed E-state index contributed by atoms with van der Waals surface area (Å²) in [5.41, 5.74) is 2.95. The van der Waals surface area contributed by atoms with Gasteiger partial charge in [0.15, 0.2) is 0 Å². The van der Waals surface area contributed by atoms with Crippen LogP contribution in [0.2, 0.25) is 0 Å². The maximum absolute atomic E-state index is 12.5. The second-order valence-electron chi connectivity index (χ2n) is 6.17. The normalized spacial score (nSPS) is 21.5. The number of benzene rings is 1. The van der Waals surface area contributed by atoms with Crippen LogP contribution in [0, 0.1) is 18.8 Å². The number of carbonyl (C=O) groups excluding carboxylic acids is 1. The van der Waals surface area contributed by atoms with Crippen molar-refractivity contribution in [3.05, 3.63) is 29.3 Å². The quantitative estimate of drug-likeness (QED) is 0.890. The molecule has 2 rings (SSSR count). The fraction of sp³-hybridized carbons (Fsp3) is 0.529. The monoisotopic (exact) mass is 289 g/mol. The van der Waals surface area contributed by atoms with E-state index in [0.717, 1.165) is 23.2 Å². The van der Waals surface area contributed by atoms with Crippen molar-refractivity contribution in [2.75, 3.05) is 5.32 Å². The number of rotatable bonds is 4. The summed E-state index contributed by atoms with van der Waals surface area (Å²) in [4.78, 5) is 23.7. The first-order chi connectivity index (χ1) is 9.91. The Labute approximate surface area is 125 Å². The van der Waals surface area contributed by atoms with Gasteiger partial charge in [0, 0.05) is 5.69 Å². The minimum absolute atomic E-state index is 0.156. The van der Waals surface area contributed by atoms with E-state index in [1.54, 1.807) is 0 Å². The minimum Gasteiger partial charge on any atom is -0.481 e. The fourth-order valence-electron chi connectivity index (χ4n) is 3.13. The van der Waals surface area contributed by atoms with Gasteiger partial charge in [-0.1, -0.05) is 38.5 Å². The number of hydrogen-bond donors (Lipinski definition) is 2. The molecular weight excluding hydrogens is 266 g/mol. The molecule has 114 valence electrons. The molecule has 2 atom stereocenters. The van der Waals surface area contributed by atoms with Crippen molar-refractivity contribution in [2.24, 2.45) is 11.8 Å². The van der Waals surface area contributed by atoms with Crippen LogP contribution in [0.15, 0.2) is 18.2 Å². The molecule has 1 aliphatic rings. The molecule has 0 heterocycles. The Bertz CT molecular complexity index is 551. The van der Waals surface area contributed by atoms with Crippen LogP contribution in [0.3, 0.4) is 0 Å². The van der Waals surface area contributed by atoms with E-state index in [9.17, 15) is 14.7 Å². The number of aryl methyl sites for hydroxylation is 1. The van der Waals surface area contributed by atoms with Gasteiger partial charge in [0.25, 0.3) is 0 Å². The van der Waals surface area contributed by atoms with Gasteiger partial charge in [-0.25, -0.2) is 0 Å². The van der Waals surface area contributed by atoms with Crippen LogP contribution in [-0.4, -0.2) is 17.0 Å². The lowest BCUT2D eigenvalue weighted by Gasteiger charge is -2.20. The highest BCUT2D eigenvalue weighted by molar-refractivity contribution is 5.96. The number of amides is 1. The van der Waals surface area contributed by atoms with Crippen molar-refractivity contribution in [1.82, 2.24) is 0 Å². The first-order valence-corrected chi connectivity index (χ1v) is 7.55. The van der Waals surface area contributed by atoms with Crippen LogP contribution in [0.4, 0.5) is 5.69 Å². The first-order valence-electron chi connectivity index (χ1n) is 7.55. The first kappa shape index (κ1) is 15.5. The molecule has 0 bridgehead atoms. The lowest BCUT2D eigenvalue weighted by Crippen LogP contribution is -2.30. The van der Waals surface area contributed by atoms with E-state index in [1.165, 1.54) is 0 Å². The van der Waals surface area contributed by atoms with Gasteiger partial charge in [-0.05, 0) is 36.8 Å². The molecule has 21 heavy (non-hydrogen) atoms. The molecule has 4 nitrogen and oxygen atoms in total. The SMILES string of the molecule is Cc1cccc(C(C)C)c1NC(=O)C1CCCC1C(=O)O. The Morgan fingerprint density at radius 2 is 1.90 bits per heavy atom. The number of carbonyl (C=O) groups is 2. The lowest BCUT2D eigenvalue weighted by atomic mass is 9.94. The Hall–Kier alpha value is -1.84. The average molecular weight is 289 g/mol. The van der Waals surface area contributed by atoms with E-state index >= 15 is 0 Å². The van der Waals surface area contributed by atoms with Crippen molar-refractivity contribution >= 4 is 17.6 Å². The standard InChI is InChI=1S/C17H23NO3/c1-10(2)12-7-4-6-11(3)15(12)18-16(19)13-8-5-9-14(13)17(20)21/h4,6-7,10,13-14H,5,8-9H2,1-3H3,(H,18,19)(H,20,21). The largest absolute Gasteiger partial charge is 0.481 e. The molecule has 2 unspecified atom stereocenters. The van der Waals surface area contributed by atoms with Crippen LogP contribution in [-0.2, 0) is 9.59 Å². The van der Waals surface area contributed by atoms with Gasteiger partial charge in [-0.15, -0.1) is 0 Å². The maximum Gasteiger partial charge on any atom is 0.307 e. The summed E-state index contributed by atoms with van der Waals surface area (Å²) in [5, 5.41) is 12.2. The zero-order valence-corrected chi connectivity index (χ0v) is 12.8. The molecular formula is C17H23NO3. The maximum atomic E-state index is 12.5. The molecule has 1 fully saturated rings. The fourth-order valence-corrected chi connectivity index (χ4v) is 3.13. The second kappa shape index (κ2) is 6.29. The Balaban J connectivity index is 2.22. The highest BCUT2D eigenvalue weighted by Crippen LogP contribution is 2.34. The number of hydrogen-bond acceptors (Lipinski definition) is 2. The van der Waals surface area contributed by atoms with Crippen LogP contribution in [0.5, 0.6) is 0 Å². The summed E-state index contributed by atoms with van der Waals surface area (Å²) in [6.07, 6.45) is 2.06. The number of para-hydroxylation sites is 1. The number of carboxylic acid groups (broad SMARTS) is 1. The van der Waals surface area contributed by atoms with Crippen molar-refractivity contribution in [3.63, 3.8) is 0 Å². The van der Waals surface area contributed by atoms with Crippen LogP contribution in [0.1, 0.15) is 50.2 Å². The third kappa shape index (κ3) is 3.26. The summed E-state index contributed by atoms with van der Waals surface area (Å²) in [6, 6.07) is 5.96. The summed E-state index contributed by atoms with van der Waals surface area (Å²) in [5.74, 6) is -1.67. The Morgan fingerprint density at radius 3 is 2.52 bits per heavy atom. The number of aliphatic carboxylic acids is 1. The molecule has 1 aliphatic carbocycles. The summed E-state index contributed by atoms with van der Waals surface area (Å²) >= 11 is 0. The lowest BCUT2D eigenvalue weighted by molar-refractivity contribution is -0.145. The third-order valence-electron chi connectivity index (χ3n) is 4.35. The molecule has 4 heteroatoms. The van der Waals surface area contributed by atoms with E-state index in [1.807, 2.05) is 25.1 Å². The molecule has 0 aromatic heterocycles. The van der Waals surface area contributed by atoms with Crippen molar-refractivity contribution in [2.45, 2.75) is 46.0 Å². The summed E-state index contributed by atoms with van der Waals surface area (Å²) < 4.78 is 0. The molecule has 1 aromatic rings. The molecule has 1 saturated carbocycles. The molecule has 0 spiro atoms. The summed E-state index contributed by atoms with van der Waals surface area (Å²) in [7, 11) is 0. The third-order valence-corrected chi connectivity index (χ3v) is 4.35. The average Bonchev–Trinajstić information content (AvgIpc) is 2.90. The molecule has 0 saturated heterocycles. The molecule has 1 amide bonds. The van der Waals surface area contributed by atoms with E-state index in [4.69, 9.17) is 0 Å². The van der Waals surface area contributed by atoms with Gasteiger partial charge < -0.3 is 10.4 Å². The predicted octanol–water partition coefficient (Wildman–Crippen LogP) is 3.56. The van der Waals surface area contributed by atoms with E-state index < -0.39 is 17.8 Å². The molecule has 0 radical (unpaired) electrons. The number of nitrogens with one attached hydrogen (secondary N) is 1. The minimum atomic E-state index is -0.860. The van der Waals surface area contributed by atoms with E-state index in [-0.39, 0.29) is 5.91 Å². The second-order valence-corrected chi connectivity index (χ2v) is 6.17. The van der Waals surface area contributed by atoms with Crippen molar-refractivity contribution in [1.29, 1.82) is 0 Å². The van der Waals surface area contributed by atoms with Crippen molar-refractivity contribution in [3.8, 4) is 0 Å². The van der Waals surface area contributed by atoms with Crippen molar-refractivity contribution < 1.29 is 14.7 Å². The van der Waals surface area contributed by atoms with Gasteiger partial charge in [-0.2, -0.15) is 0 Å². The topological polar surface area (TPSA) is 66.4 Å². The zero-order chi connectivity index (χ0) is 15.6. The highest BCUT2D eigenvalue weighted by atomic mass is 16.4. The van der Waals surface area contributed by atoms with Gasteiger partial charge in [0.05, 0.1) is 11.8 Å². The molecule has 2 N–H and O–H groups in total. The summed E-state index contributed by atoms with van der Waals surface area (Å²) in [6.45, 7) is 6.13. The number of carboxylic acids is 1. The van der Waals surface area contributed by atoms with Gasteiger partial charge in [0.1, 0.15) is 0 Å². The van der Waals surface area contributed by atoms with E-state index in [2.05, 4.69) is 19.2 Å². The van der Waals surface area contributed by atoms with Gasteiger partial charge in [0.2, 0.25) is 5.91 Å². The predicted molar refractivity (Wildman–Crippen MR) is 82.4 cm³/mol. The Kier molecular flexibility index (Phi) is 4.66. The van der Waals surface area contributed by atoms with Gasteiger partial charge in [-0.3, -0.25) is 9.59 Å². The zero-order valence-electron chi connectivity index (χ0n) is 12.8. The molecule has 0 aliphatic heterocycles. The van der Waals surface area contributed by atoms with Crippen LogP contribution in [0.25, 0.3) is 0 Å². The van der Waals surface area contributed by atoms with Crippen LogP contribution < -0.4 is 5.32 Å². The molecule has 1 aromatic carbocycles. The van der Waals surface area contributed by atoms with Gasteiger partial charge >= 0.3 is 5.97 Å². The number of anilines is 1.